The van der Waals surface area contributed by atoms with Gasteiger partial charge in [0.2, 0.25) is 0 Å². The van der Waals surface area contributed by atoms with E-state index in [1.807, 2.05) is 44.3 Å². The first kappa shape index (κ1) is 13.9. The number of methoxy groups -OCH3 is 1. The summed E-state index contributed by atoms with van der Waals surface area (Å²) in [6.07, 6.45) is 0. The lowest BCUT2D eigenvalue weighted by Crippen LogP contribution is -2.18. The van der Waals surface area contributed by atoms with Crippen LogP contribution in [0.15, 0.2) is 42.5 Å². The van der Waals surface area contributed by atoms with Crippen LogP contribution in [0.25, 0.3) is 0 Å². The molecule has 0 saturated heterocycles. The van der Waals surface area contributed by atoms with E-state index in [-0.39, 0.29) is 6.04 Å². The third-order valence-corrected chi connectivity index (χ3v) is 3.75. The van der Waals surface area contributed by atoms with E-state index in [4.69, 9.17) is 16.3 Å². The molecule has 100 valence electrons. The Labute approximate surface area is 119 Å². The Hall–Kier alpha value is -1.51. The van der Waals surface area contributed by atoms with E-state index >= 15 is 0 Å². The number of ether oxygens (including phenoxy) is 1. The Balaban J connectivity index is 2.46. The van der Waals surface area contributed by atoms with E-state index in [1.165, 1.54) is 5.56 Å². The molecule has 0 aliphatic carbocycles. The summed E-state index contributed by atoms with van der Waals surface area (Å²) in [6.45, 7) is 2.04. The van der Waals surface area contributed by atoms with Crippen molar-refractivity contribution in [2.75, 3.05) is 14.2 Å². The third kappa shape index (κ3) is 2.91. The number of halogens is 1. The predicted molar refractivity (Wildman–Crippen MR) is 80.1 cm³/mol. The molecule has 0 radical (unpaired) electrons. The highest BCUT2D eigenvalue weighted by Gasteiger charge is 2.15. The van der Waals surface area contributed by atoms with E-state index in [0.29, 0.717) is 0 Å². The standard InChI is InChI=1S/C16H18ClNO/c1-11-14(8-5-9-15(11)17)16(18-2)12-6-4-7-13(10-12)19-3/h4-10,16,18H,1-3H3. The molecule has 1 atom stereocenters. The fourth-order valence-corrected chi connectivity index (χ4v) is 2.44. The molecule has 2 nitrogen and oxygen atoms in total. The topological polar surface area (TPSA) is 21.3 Å². The molecule has 1 N–H and O–H groups in total. The average Bonchev–Trinajstić information content (AvgIpc) is 2.44. The number of benzene rings is 2. The summed E-state index contributed by atoms with van der Waals surface area (Å²) in [6, 6.07) is 14.2. The molecule has 2 aromatic rings. The maximum atomic E-state index is 6.21. The van der Waals surface area contributed by atoms with Crippen molar-refractivity contribution in [3.05, 3.63) is 64.2 Å². The molecule has 19 heavy (non-hydrogen) atoms. The zero-order valence-electron chi connectivity index (χ0n) is 11.4. The Morgan fingerprint density at radius 1 is 1.16 bits per heavy atom. The van der Waals surface area contributed by atoms with Gasteiger partial charge in [-0.15, -0.1) is 0 Å². The van der Waals surface area contributed by atoms with Crippen LogP contribution in [0, 0.1) is 6.92 Å². The molecule has 1 unspecified atom stereocenters. The van der Waals surface area contributed by atoms with Crippen molar-refractivity contribution < 1.29 is 4.74 Å². The minimum absolute atomic E-state index is 0.105. The Morgan fingerprint density at radius 2 is 1.89 bits per heavy atom. The first-order valence-electron chi connectivity index (χ1n) is 6.23. The monoisotopic (exact) mass is 275 g/mol. The number of nitrogens with one attached hydrogen (secondary N) is 1. The fourth-order valence-electron chi connectivity index (χ4n) is 2.26. The lowest BCUT2D eigenvalue weighted by molar-refractivity contribution is 0.414. The maximum Gasteiger partial charge on any atom is 0.119 e. The molecule has 0 heterocycles. The van der Waals surface area contributed by atoms with Crippen LogP contribution in [0.1, 0.15) is 22.7 Å². The van der Waals surface area contributed by atoms with Crippen LogP contribution in [0.2, 0.25) is 5.02 Å². The number of rotatable bonds is 4. The molecule has 2 aromatic carbocycles. The Bertz CT molecular complexity index is 568. The lowest BCUT2D eigenvalue weighted by Gasteiger charge is -2.20. The molecular weight excluding hydrogens is 258 g/mol. The normalized spacial score (nSPS) is 12.2. The van der Waals surface area contributed by atoms with Crippen molar-refractivity contribution >= 4 is 11.6 Å². The van der Waals surface area contributed by atoms with Crippen LogP contribution in [0.3, 0.4) is 0 Å². The highest BCUT2D eigenvalue weighted by atomic mass is 35.5. The molecule has 3 heteroatoms. The molecule has 0 saturated carbocycles. The van der Waals surface area contributed by atoms with Gasteiger partial charge in [0.25, 0.3) is 0 Å². The molecule has 0 aromatic heterocycles. The Morgan fingerprint density at radius 3 is 2.58 bits per heavy atom. The van der Waals surface area contributed by atoms with Gasteiger partial charge in [-0.25, -0.2) is 0 Å². The van der Waals surface area contributed by atoms with Gasteiger partial charge in [-0.3, -0.25) is 0 Å². The quantitative estimate of drug-likeness (QED) is 0.912. The SMILES string of the molecule is CNC(c1cccc(OC)c1)c1cccc(Cl)c1C. The Kier molecular flexibility index (Phi) is 4.46. The van der Waals surface area contributed by atoms with Gasteiger partial charge < -0.3 is 10.1 Å². The minimum Gasteiger partial charge on any atom is -0.497 e. The summed E-state index contributed by atoms with van der Waals surface area (Å²) < 4.78 is 5.29. The average molecular weight is 276 g/mol. The van der Waals surface area contributed by atoms with Gasteiger partial charge in [-0.05, 0) is 48.9 Å². The maximum absolute atomic E-state index is 6.21. The first-order valence-corrected chi connectivity index (χ1v) is 6.61. The van der Waals surface area contributed by atoms with E-state index in [1.54, 1.807) is 7.11 Å². The van der Waals surface area contributed by atoms with Gasteiger partial charge in [-0.2, -0.15) is 0 Å². The highest BCUT2D eigenvalue weighted by Crippen LogP contribution is 2.30. The van der Waals surface area contributed by atoms with Crippen LogP contribution >= 0.6 is 11.6 Å². The zero-order chi connectivity index (χ0) is 13.8. The summed E-state index contributed by atoms with van der Waals surface area (Å²) in [5, 5.41) is 4.13. The largest absolute Gasteiger partial charge is 0.497 e. The summed E-state index contributed by atoms with van der Waals surface area (Å²) >= 11 is 6.21. The number of hydrogen-bond acceptors (Lipinski definition) is 2. The second-order valence-electron chi connectivity index (χ2n) is 4.45. The van der Waals surface area contributed by atoms with Crippen LogP contribution in [-0.2, 0) is 0 Å². The first-order chi connectivity index (χ1) is 9.17. The van der Waals surface area contributed by atoms with Gasteiger partial charge in [0.1, 0.15) is 5.75 Å². The second-order valence-corrected chi connectivity index (χ2v) is 4.86. The van der Waals surface area contributed by atoms with E-state index in [2.05, 4.69) is 17.4 Å². The molecule has 0 aliphatic rings. The molecule has 0 fully saturated rings. The molecule has 0 bridgehead atoms. The lowest BCUT2D eigenvalue weighted by atomic mass is 9.95. The minimum atomic E-state index is 0.105. The van der Waals surface area contributed by atoms with Crippen molar-refractivity contribution in [1.29, 1.82) is 0 Å². The van der Waals surface area contributed by atoms with Gasteiger partial charge in [0.15, 0.2) is 0 Å². The van der Waals surface area contributed by atoms with Crippen LogP contribution in [0.5, 0.6) is 5.75 Å². The molecule has 0 spiro atoms. The molecule has 0 amide bonds. The van der Waals surface area contributed by atoms with Crippen molar-refractivity contribution in [1.82, 2.24) is 5.32 Å². The summed E-state index contributed by atoms with van der Waals surface area (Å²) in [4.78, 5) is 0. The highest BCUT2D eigenvalue weighted by molar-refractivity contribution is 6.31. The van der Waals surface area contributed by atoms with Crippen molar-refractivity contribution in [2.24, 2.45) is 0 Å². The number of hydrogen-bond donors (Lipinski definition) is 1. The van der Waals surface area contributed by atoms with Crippen LogP contribution < -0.4 is 10.1 Å². The van der Waals surface area contributed by atoms with Crippen LogP contribution in [-0.4, -0.2) is 14.2 Å². The van der Waals surface area contributed by atoms with Gasteiger partial charge in [0, 0.05) is 5.02 Å². The fraction of sp³-hybridized carbons (Fsp3) is 0.250. The summed E-state index contributed by atoms with van der Waals surface area (Å²) in [5.41, 5.74) is 3.45. The van der Waals surface area contributed by atoms with Crippen molar-refractivity contribution in [3.63, 3.8) is 0 Å². The van der Waals surface area contributed by atoms with Gasteiger partial charge in [0.05, 0.1) is 13.2 Å². The second kappa shape index (κ2) is 6.09. The van der Waals surface area contributed by atoms with E-state index in [9.17, 15) is 0 Å². The van der Waals surface area contributed by atoms with Crippen molar-refractivity contribution in [2.45, 2.75) is 13.0 Å². The van der Waals surface area contributed by atoms with Gasteiger partial charge in [-0.1, -0.05) is 35.9 Å². The van der Waals surface area contributed by atoms with Crippen LogP contribution in [0.4, 0.5) is 0 Å². The summed E-state index contributed by atoms with van der Waals surface area (Å²) in [5.74, 6) is 0.859. The smallest absolute Gasteiger partial charge is 0.119 e. The van der Waals surface area contributed by atoms with E-state index in [0.717, 1.165) is 21.9 Å². The molecular formula is C16H18ClNO. The third-order valence-electron chi connectivity index (χ3n) is 3.34. The molecule has 0 aliphatic heterocycles. The zero-order valence-corrected chi connectivity index (χ0v) is 12.2. The van der Waals surface area contributed by atoms with Gasteiger partial charge >= 0.3 is 0 Å². The summed E-state index contributed by atoms with van der Waals surface area (Å²) in [7, 11) is 3.63. The van der Waals surface area contributed by atoms with E-state index < -0.39 is 0 Å². The van der Waals surface area contributed by atoms with Crippen molar-refractivity contribution in [3.8, 4) is 5.75 Å². The molecule has 2 rings (SSSR count). The predicted octanol–water partition coefficient (Wildman–Crippen LogP) is 3.97.